The first-order valence-corrected chi connectivity index (χ1v) is 5.38. The summed E-state index contributed by atoms with van der Waals surface area (Å²) < 4.78 is 0. The molecule has 2 nitrogen and oxygen atoms in total. The van der Waals surface area contributed by atoms with Crippen LogP contribution in [0.25, 0.3) is 0 Å². The van der Waals surface area contributed by atoms with Gasteiger partial charge in [0.05, 0.1) is 6.04 Å². The smallest absolute Gasteiger partial charge is 0.220 e. The molecule has 0 bridgehead atoms. The van der Waals surface area contributed by atoms with Crippen LogP contribution in [0.5, 0.6) is 0 Å². The van der Waals surface area contributed by atoms with Gasteiger partial charge in [-0.1, -0.05) is 24.3 Å². The third-order valence-corrected chi connectivity index (χ3v) is 2.73. The van der Waals surface area contributed by atoms with Gasteiger partial charge in [0.15, 0.2) is 0 Å². The Bertz CT molecular complexity index is 280. The number of carbonyl (C=O) groups excluding carboxylic acids is 1. The van der Waals surface area contributed by atoms with Gasteiger partial charge < -0.3 is 4.90 Å². The van der Waals surface area contributed by atoms with Gasteiger partial charge in [-0.3, -0.25) is 4.79 Å². The molecule has 0 aromatic rings. The molecule has 0 radical (unpaired) electrons. The molecule has 0 fully saturated rings. The Hall–Kier alpha value is -1.31. The van der Waals surface area contributed by atoms with Gasteiger partial charge in [0.25, 0.3) is 0 Å². The predicted molar refractivity (Wildman–Crippen MR) is 63.5 cm³/mol. The predicted octanol–water partition coefficient (Wildman–Crippen LogP) is 2.68. The molecule has 1 aliphatic heterocycles. The third-order valence-electron chi connectivity index (χ3n) is 2.73. The molecule has 1 rings (SSSR count). The molecule has 0 spiro atoms. The van der Waals surface area contributed by atoms with Crippen molar-refractivity contribution in [1.29, 1.82) is 0 Å². The van der Waals surface area contributed by atoms with Crippen LogP contribution in [0.4, 0.5) is 0 Å². The van der Waals surface area contributed by atoms with E-state index in [2.05, 4.69) is 25.3 Å². The van der Waals surface area contributed by atoms with E-state index in [1.54, 1.807) is 6.92 Å². The van der Waals surface area contributed by atoms with Crippen LogP contribution >= 0.6 is 0 Å². The fourth-order valence-electron chi connectivity index (χ4n) is 2.13. The Morgan fingerprint density at radius 2 is 2.13 bits per heavy atom. The monoisotopic (exact) mass is 205 g/mol. The molecule has 0 saturated heterocycles. The summed E-state index contributed by atoms with van der Waals surface area (Å²) in [6.45, 7) is 9.10. The minimum absolute atomic E-state index is 0.137. The fraction of sp³-hybridized carbons (Fsp3) is 0.462. The average molecular weight is 205 g/mol. The van der Waals surface area contributed by atoms with Gasteiger partial charge >= 0.3 is 0 Å². The van der Waals surface area contributed by atoms with Crippen LogP contribution in [0.1, 0.15) is 26.2 Å². The molecule has 0 aromatic heterocycles. The Morgan fingerprint density at radius 1 is 1.47 bits per heavy atom. The van der Waals surface area contributed by atoms with E-state index in [0.29, 0.717) is 0 Å². The Morgan fingerprint density at radius 3 is 2.67 bits per heavy atom. The molecule has 0 N–H and O–H groups in total. The number of rotatable bonds is 4. The van der Waals surface area contributed by atoms with E-state index in [9.17, 15) is 4.79 Å². The van der Waals surface area contributed by atoms with Crippen molar-refractivity contribution in [2.75, 3.05) is 0 Å². The van der Waals surface area contributed by atoms with E-state index in [0.717, 1.165) is 19.3 Å². The summed E-state index contributed by atoms with van der Waals surface area (Å²) >= 11 is 0. The van der Waals surface area contributed by atoms with Crippen LogP contribution in [0.3, 0.4) is 0 Å². The minimum atomic E-state index is 0.137. The Labute approximate surface area is 92.0 Å². The lowest BCUT2D eigenvalue weighted by Gasteiger charge is -2.38. The first kappa shape index (κ1) is 11.8. The van der Waals surface area contributed by atoms with Gasteiger partial charge in [0, 0.05) is 13.0 Å². The maximum Gasteiger partial charge on any atom is 0.220 e. The molecular formula is C13H19NO. The standard InChI is InChI=1S/C13H19NO/c1-4-7-12-9-6-10-13(8-5-2)14(12)11(3)15/h4-6,9,12-13H,1-2,7-8,10H2,3H3. The zero-order valence-corrected chi connectivity index (χ0v) is 9.36. The first-order chi connectivity index (χ1) is 7.20. The van der Waals surface area contributed by atoms with E-state index in [1.165, 1.54) is 0 Å². The van der Waals surface area contributed by atoms with E-state index in [-0.39, 0.29) is 18.0 Å². The van der Waals surface area contributed by atoms with E-state index < -0.39 is 0 Å². The maximum absolute atomic E-state index is 11.6. The van der Waals surface area contributed by atoms with Gasteiger partial charge in [0.2, 0.25) is 5.91 Å². The lowest BCUT2D eigenvalue weighted by Crippen LogP contribution is -2.46. The Kier molecular flexibility index (Phi) is 4.35. The van der Waals surface area contributed by atoms with Crippen molar-refractivity contribution in [3.8, 4) is 0 Å². The summed E-state index contributed by atoms with van der Waals surface area (Å²) in [5.41, 5.74) is 0. The highest BCUT2D eigenvalue weighted by Gasteiger charge is 2.27. The first-order valence-electron chi connectivity index (χ1n) is 5.38. The normalized spacial score (nSPS) is 25.0. The number of hydrogen-bond donors (Lipinski definition) is 0. The second-order valence-corrected chi connectivity index (χ2v) is 3.86. The second-order valence-electron chi connectivity index (χ2n) is 3.86. The maximum atomic E-state index is 11.6. The van der Waals surface area contributed by atoms with E-state index in [1.807, 2.05) is 17.1 Å². The van der Waals surface area contributed by atoms with Crippen LogP contribution in [0.15, 0.2) is 37.5 Å². The summed E-state index contributed by atoms with van der Waals surface area (Å²) in [6.07, 6.45) is 10.6. The van der Waals surface area contributed by atoms with Crippen molar-refractivity contribution in [3.63, 3.8) is 0 Å². The molecule has 15 heavy (non-hydrogen) atoms. The third kappa shape index (κ3) is 2.82. The number of carbonyl (C=O) groups is 1. The van der Waals surface area contributed by atoms with Crippen LogP contribution < -0.4 is 0 Å². The summed E-state index contributed by atoms with van der Waals surface area (Å²) in [6, 6.07) is 0.452. The van der Waals surface area contributed by atoms with Gasteiger partial charge in [0.1, 0.15) is 0 Å². The van der Waals surface area contributed by atoms with Gasteiger partial charge in [-0.15, -0.1) is 13.2 Å². The summed E-state index contributed by atoms with van der Waals surface area (Å²) in [5.74, 6) is 0.137. The zero-order valence-electron chi connectivity index (χ0n) is 9.36. The van der Waals surface area contributed by atoms with Crippen molar-refractivity contribution in [2.24, 2.45) is 0 Å². The van der Waals surface area contributed by atoms with Crippen LogP contribution in [-0.4, -0.2) is 22.9 Å². The lowest BCUT2D eigenvalue weighted by molar-refractivity contribution is -0.133. The van der Waals surface area contributed by atoms with Crippen LogP contribution in [0, 0.1) is 0 Å². The molecule has 82 valence electrons. The average Bonchev–Trinajstić information content (AvgIpc) is 2.18. The van der Waals surface area contributed by atoms with Gasteiger partial charge in [-0.25, -0.2) is 0 Å². The molecular weight excluding hydrogens is 186 g/mol. The van der Waals surface area contributed by atoms with Crippen molar-refractivity contribution in [1.82, 2.24) is 4.90 Å². The highest BCUT2D eigenvalue weighted by atomic mass is 16.2. The summed E-state index contributed by atoms with van der Waals surface area (Å²) in [7, 11) is 0. The number of hydrogen-bond acceptors (Lipinski definition) is 1. The molecule has 0 aliphatic carbocycles. The topological polar surface area (TPSA) is 20.3 Å². The molecule has 2 unspecified atom stereocenters. The molecule has 1 amide bonds. The number of nitrogens with zero attached hydrogens (tertiary/aromatic N) is 1. The van der Waals surface area contributed by atoms with E-state index in [4.69, 9.17) is 0 Å². The lowest BCUT2D eigenvalue weighted by atomic mass is 9.98. The highest BCUT2D eigenvalue weighted by Crippen LogP contribution is 2.22. The van der Waals surface area contributed by atoms with Crippen molar-refractivity contribution >= 4 is 5.91 Å². The van der Waals surface area contributed by atoms with Gasteiger partial charge in [-0.2, -0.15) is 0 Å². The van der Waals surface area contributed by atoms with Crippen molar-refractivity contribution < 1.29 is 4.79 Å². The molecule has 0 saturated carbocycles. The van der Waals surface area contributed by atoms with Gasteiger partial charge in [-0.05, 0) is 19.3 Å². The van der Waals surface area contributed by atoms with Crippen LogP contribution in [0.2, 0.25) is 0 Å². The summed E-state index contributed by atoms with van der Waals surface area (Å²) in [4.78, 5) is 13.5. The van der Waals surface area contributed by atoms with E-state index >= 15 is 0 Å². The highest BCUT2D eigenvalue weighted by molar-refractivity contribution is 5.74. The minimum Gasteiger partial charge on any atom is -0.333 e. The van der Waals surface area contributed by atoms with Crippen molar-refractivity contribution in [2.45, 2.75) is 38.3 Å². The quantitative estimate of drug-likeness (QED) is 0.646. The fourth-order valence-corrected chi connectivity index (χ4v) is 2.13. The molecule has 0 aromatic carbocycles. The summed E-state index contributed by atoms with van der Waals surface area (Å²) in [5, 5.41) is 0. The SMILES string of the molecule is C=CCC1C=CCC(CC=C)N1C(C)=O. The Balaban J connectivity index is 2.82. The largest absolute Gasteiger partial charge is 0.333 e. The molecule has 1 aliphatic rings. The second kappa shape index (κ2) is 5.54. The zero-order chi connectivity index (χ0) is 11.3. The molecule has 1 heterocycles. The molecule has 2 atom stereocenters. The van der Waals surface area contributed by atoms with Crippen LogP contribution in [-0.2, 0) is 4.79 Å². The molecule has 2 heteroatoms. The number of amides is 1. The van der Waals surface area contributed by atoms with Crippen molar-refractivity contribution in [3.05, 3.63) is 37.5 Å².